The summed E-state index contributed by atoms with van der Waals surface area (Å²) in [6.07, 6.45) is 2.56. The Kier molecular flexibility index (Phi) is 2.93. The zero-order valence-corrected chi connectivity index (χ0v) is 8.55. The molecular weight excluding hydrogens is 188 g/mol. The van der Waals surface area contributed by atoms with Gasteiger partial charge in [-0.2, -0.15) is 5.10 Å². The largest absolute Gasteiger partial charge is 0.437 e. The predicted octanol–water partition coefficient (Wildman–Crippen LogP) is 2.83. The average Bonchev–Trinajstić information content (AvgIpc) is 2.31. The highest BCUT2D eigenvalue weighted by molar-refractivity contribution is 5.35. The van der Waals surface area contributed by atoms with Gasteiger partial charge in [-0.1, -0.05) is 25.1 Å². The van der Waals surface area contributed by atoms with Gasteiger partial charge in [0.25, 0.3) is 0 Å². The van der Waals surface area contributed by atoms with Gasteiger partial charge < -0.3 is 4.74 Å². The Morgan fingerprint density at radius 2 is 2.00 bits per heavy atom. The van der Waals surface area contributed by atoms with Gasteiger partial charge >= 0.3 is 0 Å². The van der Waals surface area contributed by atoms with Crippen molar-refractivity contribution in [1.29, 1.82) is 0 Å². The Bertz CT molecular complexity index is 429. The first kappa shape index (κ1) is 9.65. The van der Waals surface area contributed by atoms with Crippen LogP contribution in [0.5, 0.6) is 11.6 Å². The van der Waals surface area contributed by atoms with Crippen molar-refractivity contribution in [3.63, 3.8) is 0 Å². The van der Waals surface area contributed by atoms with Crippen LogP contribution in [0.3, 0.4) is 0 Å². The minimum absolute atomic E-state index is 0.526. The number of ether oxygens (including phenoxy) is 1. The molecule has 1 aromatic carbocycles. The molecule has 0 spiro atoms. The van der Waals surface area contributed by atoms with Crippen LogP contribution in [-0.4, -0.2) is 10.2 Å². The molecule has 0 aliphatic rings. The molecule has 3 heteroatoms. The molecule has 0 aliphatic heterocycles. The normalized spacial score (nSPS) is 9.93. The number of hydrogen-bond donors (Lipinski definition) is 0. The fraction of sp³-hybridized carbons (Fsp3) is 0.167. The van der Waals surface area contributed by atoms with E-state index in [2.05, 4.69) is 17.1 Å². The smallest absolute Gasteiger partial charge is 0.238 e. The third-order valence-electron chi connectivity index (χ3n) is 2.12. The first-order valence-electron chi connectivity index (χ1n) is 4.93. The molecule has 0 saturated carbocycles. The van der Waals surface area contributed by atoms with Gasteiger partial charge in [0.2, 0.25) is 5.88 Å². The number of rotatable bonds is 3. The van der Waals surface area contributed by atoms with E-state index in [1.54, 1.807) is 18.3 Å². The van der Waals surface area contributed by atoms with Gasteiger partial charge in [0.15, 0.2) is 0 Å². The average molecular weight is 200 g/mol. The van der Waals surface area contributed by atoms with E-state index in [1.807, 2.05) is 24.3 Å². The second-order valence-corrected chi connectivity index (χ2v) is 3.13. The lowest BCUT2D eigenvalue weighted by atomic mass is 10.1. The van der Waals surface area contributed by atoms with Crippen molar-refractivity contribution >= 4 is 0 Å². The van der Waals surface area contributed by atoms with Gasteiger partial charge in [-0.3, -0.25) is 0 Å². The quantitative estimate of drug-likeness (QED) is 0.764. The lowest BCUT2D eigenvalue weighted by Gasteiger charge is -2.07. The van der Waals surface area contributed by atoms with Crippen LogP contribution in [0, 0.1) is 0 Å². The Balaban J connectivity index is 2.24. The summed E-state index contributed by atoms with van der Waals surface area (Å²) in [4.78, 5) is 0. The maximum atomic E-state index is 5.63. The van der Waals surface area contributed by atoms with E-state index in [1.165, 1.54) is 5.56 Å². The van der Waals surface area contributed by atoms with Gasteiger partial charge in [0.05, 0.1) is 0 Å². The summed E-state index contributed by atoms with van der Waals surface area (Å²) < 4.78 is 5.63. The highest BCUT2D eigenvalue weighted by Crippen LogP contribution is 2.23. The van der Waals surface area contributed by atoms with Crippen LogP contribution in [0.4, 0.5) is 0 Å². The van der Waals surface area contributed by atoms with E-state index in [0.717, 1.165) is 12.2 Å². The molecule has 0 N–H and O–H groups in total. The van der Waals surface area contributed by atoms with Crippen LogP contribution in [-0.2, 0) is 6.42 Å². The Morgan fingerprint density at radius 3 is 2.73 bits per heavy atom. The Labute approximate surface area is 88.7 Å². The summed E-state index contributed by atoms with van der Waals surface area (Å²) in [6.45, 7) is 2.10. The van der Waals surface area contributed by atoms with E-state index >= 15 is 0 Å². The molecule has 0 radical (unpaired) electrons. The van der Waals surface area contributed by atoms with Crippen molar-refractivity contribution in [2.75, 3.05) is 0 Å². The molecular formula is C12H12N2O. The fourth-order valence-corrected chi connectivity index (χ4v) is 1.35. The van der Waals surface area contributed by atoms with Crippen LogP contribution in [0.1, 0.15) is 12.5 Å². The molecule has 76 valence electrons. The molecule has 0 amide bonds. The minimum atomic E-state index is 0.526. The fourth-order valence-electron chi connectivity index (χ4n) is 1.35. The van der Waals surface area contributed by atoms with E-state index in [9.17, 15) is 0 Å². The van der Waals surface area contributed by atoms with Gasteiger partial charge in [-0.15, -0.1) is 5.10 Å². The molecule has 15 heavy (non-hydrogen) atoms. The van der Waals surface area contributed by atoms with Crippen LogP contribution in [0.25, 0.3) is 0 Å². The number of aryl methyl sites for hydroxylation is 1. The molecule has 1 aromatic heterocycles. The Hall–Kier alpha value is -1.90. The molecule has 0 fully saturated rings. The first-order chi connectivity index (χ1) is 7.40. The van der Waals surface area contributed by atoms with Crippen molar-refractivity contribution in [3.05, 3.63) is 48.2 Å². The molecule has 3 nitrogen and oxygen atoms in total. The lowest BCUT2D eigenvalue weighted by molar-refractivity contribution is 0.450. The zero-order valence-electron chi connectivity index (χ0n) is 8.55. The van der Waals surface area contributed by atoms with Crippen LogP contribution >= 0.6 is 0 Å². The number of nitrogens with zero attached hydrogens (tertiary/aromatic N) is 2. The highest BCUT2D eigenvalue weighted by Gasteiger charge is 2.02. The standard InChI is InChI=1S/C12H12N2O/c1-2-10-6-3-4-7-11(10)15-12-8-5-9-13-14-12/h3-9H,2H2,1H3. The molecule has 0 unspecified atom stereocenters. The molecule has 0 atom stereocenters. The molecule has 2 aromatic rings. The SMILES string of the molecule is CCc1ccccc1Oc1cccnn1. The number of para-hydroxylation sites is 1. The van der Waals surface area contributed by atoms with Gasteiger partial charge in [0, 0.05) is 12.3 Å². The number of aromatic nitrogens is 2. The van der Waals surface area contributed by atoms with Crippen LogP contribution in [0.2, 0.25) is 0 Å². The predicted molar refractivity (Wildman–Crippen MR) is 57.9 cm³/mol. The van der Waals surface area contributed by atoms with Crippen molar-refractivity contribution < 1.29 is 4.74 Å². The van der Waals surface area contributed by atoms with Crippen LogP contribution < -0.4 is 4.74 Å². The summed E-state index contributed by atoms with van der Waals surface area (Å²) in [7, 11) is 0. The van der Waals surface area contributed by atoms with E-state index < -0.39 is 0 Å². The maximum Gasteiger partial charge on any atom is 0.238 e. The van der Waals surface area contributed by atoms with Gasteiger partial charge in [-0.25, -0.2) is 0 Å². The van der Waals surface area contributed by atoms with E-state index in [-0.39, 0.29) is 0 Å². The van der Waals surface area contributed by atoms with Crippen LogP contribution in [0.15, 0.2) is 42.6 Å². The Morgan fingerprint density at radius 1 is 1.13 bits per heavy atom. The number of benzene rings is 1. The van der Waals surface area contributed by atoms with E-state index in [4.69, 9.17) is 4.74 Å². The second-order valence-electron chi connectivity index (χ2n) is 3.13. The summed E-state index contributed by atoms with van der Waals surface area (Å²) in [5, 5.41) is 7.64. The summed E-state index contributed by atoms with van der Waals surface area (Å²) in [5.41, 5.74) is 1.17. The summed E-state index contributed by atoms with van der Waals surface area (Å²) in [6, 6.07) is 11.5. The molecule has 0 bridgehead atoms. The highest BCUT2D eigenvalue weighted by atomic mass is 16.5. The summed E-state index contributed by atoms with van der Waals surface area (Å²) >= 11 is 0. The van der Waals surface area contributed by atoms with Gasteiger partial charge in [0.1, 0.15) is 5.75 Å². The summed E-state index contributed by atoms with van der Waals surface area (Å²) in [5.74, 6) is 1.37. The molecule has 2 rings (SSSR count). The zero-order chi connectivity index (χ0) is 10.5. The lowest BCUT2D eigenvalue weighted by Crippen LogP contribution is -1.92. The van der Waals surface area contributed by atoms with Crippen molar-refractivity contribution in [1.82, 2.24) is 10.2 Å². The van der Waals surface area contributed by atoms with Crippen molar-refractivity contribution in [2.24, 2.45) is 0 Å². The topological polar surface area (TPSA) is 35.0 Å². The number of hydrogen-bond acceptors (Lipinski definition) is 3. The monoisotopic (exact) mass is 200 g/mol. The first-order valence-corrected chi connectivity index (χ1v) is 4.93. The van der Waals surface area contributed by atoms with Crippen molar-refractivity contribution in [3.8, 4) is 11.6 Å². The molecule has 1 heterocycles. The molecule has 0 aliphatic carbocycles. The third-order valence-corrected chi connectivity index (χ3v) is 2.12. The van der Waals surface area contributed by atoms with Gasteiger partial charge in [-0.05, 0) is 24.1 Å². The van der Waals surface area contributed by atoms with Crippen molar-refractivity contribution in [2.45, 2.75) is 13.3 Å². The molecule has 0 saturated heterocycles. The minimum Gasteiger partial charge on any atom is -0.437 e. The third kappa shape index (κ3) is 2.31. The second kappa shape index (κ2) is 4.55. The van der Waals surface area contributed by atoms with E-state index in [0.29, 0.717) is 5.88 Å². The maximum absolute atomic E-state index is 5.63.